The van der Waals surface area contributed by atoms with Gasteiger partial charge in [-0.15, -0.1) is 0 Å². The standard InChI is InChI=1S/C14H24O/c1-4-5-6-7-10-14-13(3)12(2)9-8-11-15-14/h14H,2-11H2,1H3. The van der Waals surface area contributed by atoms with Gasteiger partial charge < -0.3 is 4.74 Å². The van der Waals surface area contributed by atoms with Gasteiger partial charge in [0.15, 0.2) is 0 Å². The van der Waals surface area contributed by atoms with E-state index in [1.165, 1.54) is 31.3 Å². The third-order valence-corrected chi connectivity index (χ3v) is 3.10. The van der Waals surface area contributed by atoms with Crippen molar-refractivity contribution < 1.29 is 4.74 Å². The topological polar surface area (TPSA) is 9.23 Å². The van der Waals surface area contributed by atoms with Crippen molar-refractivity contribution >= 4 is 0 Å². The van der Waals surface area contributed by atoms with Crippen LogP contribution in [0.1, 0.15) is 51.9 Å². The highest BCUT2D eigenvalue weighted by atomic mass is 16.5. The lowest BCUT2D eigenvalue weighted by atomic mass is 9.97. The molecule has 0 bridgehead atoms. The maximum absolute atomic E-state index is 5.81. The quantitative estimate of drug-likeness (QED) is 0.614. The van der Waals surface area contributed by atoms with Crippen LogP contribution in [0.3, 0.4) is 0 Å². The molecule has 1 unspecified atom stereocenters. The molecule has 0 spiro atoms. The molecule has 0 radical (unpaired) electrons. The van der Waals surface area contributed by atoms with Gasteiger partial charge in [-0.2, -0.15) is 0 Å². The van der Waals surface area contributed by atoms with Crippen molar-refractivity contribution in [3.63, 3.8) is 0 Å². The monoisotopic (exact) mass is 208 g/mol. The Morgan fingerprint density at radius 1 is 1.27 bits per heavy atom. The second kappa shape index (κ2) is 6.84. The van der Waals surface area contributed by atoms with E-state index < -0.39 is 0 Å². The van der Waals surface area contributed by atoms with Crippen molar-refractivity contribution in [2.75, 3.05) is 6.61 Å². The Balaban J connectivity index is 2.31. The first kappa shape index (κ1) is 12.5. The first-order valence-electron chi connectivity index (χ1n) is 6.24. The zero-order chi connectivity index (χ0) is 11.1. The van der Waals surface area contributed by atoms with Crippen LogP contribution in [-0.4, -0.2) is 12.7 Å². The van der Waals surface area contributed by atoms with Crippen LogP contribution in [0, 0.1) is 0 Å². The van der Waals surface area contributed by atoms with Gasteiger partial charge in [0.2, 0.25) is 0 Å². The third-order valence-electron chi connectivity index (χ3n) is 3.10. The predicted octanol–water partition coefficient (Wildman–Crippen LogP) is 4.25. The van der Waals surface area contributed by atoms with Crippen LogP contribution in [0.15, 0.2) is 24.3 Å². The van der Waals surface area contributed by atoms with Crippen LogP contribution in [0.5, 0.6) is 0 Å². The molecule has 1 rings (SSSR count). The highest BCUT2D eigenvalue weighted by molar-refractivity contribution is 5.29. The zero-order valence-electron chi connectivity index (χ0n) is 10.1. The van der Waals surface area contributed by atoms with Crippen molar-refractivity contribution in [3.8, 4) is 0 Å². The lowest BCUT2D eigenvalue weighted by Crippen LogP contribution is -2.14. The molecule has 1 heteroatoms. The number of hydrogen-bond acceptors (Lipinski definition) is 1. The van der Waals surface area contributed by atoms with E-state index in [9.17, 15) is 0 Å². The summed E-state index contributed by atoms with van der Waals surface area (Å²) in [4.78, 5) is 0. The summed E-state index contributed by atoms with van der Waals surface area (Å²) in [6.45, 7) is 11.3. The Morgan fingerprint density at radius 2 is 2.07 bits per heavy atom. The van der Waals surface area contributed by atoms with Crippen LogP contribution < -0.4 is 0 Å². The minimum atomic E-state index is 0.247. The largest absolute Gasteiger partial charge is 0.374 e. The third kappa shape index (κ3) is 4.21. The van der Waals surface area contributed by atoms with E-state index in [0.29, 0.717) is 0 Å². The molecule has 0 aromatic rings. The van der Waals surface area contributed by atoms with E-state index in [1.807, 2.05) is 0 Å². The summed E-state index contributed by atoms with van der Waals surface area (Å²) in [5.41, 5.74) is 2.34. The van der Waals surface area contributed by atoms with Crippen LogP contribution in [0.4, 0.5) is 0 Å². The number of rotatable bonds is 5. The molecule has 0 aliphatic carbocycles. The Labute approximate surface area is 94.2 Å². The molecule has 1 saturated heterocycles. The Hall–Kier alpha value is -0.560. The minimum Gasteiger partial charge on any atom is -0.374 e. The number of hydrogen-bond donors (Lipinski definition) is 0. The van der Waals surface area contributed by atoms with E-state index >= 15 is 0 Å². The van der Waals surface area contributed by atoms with Crippen LogP contribution in [0.25, 0.3) is 0 Å². The SMILES string of the molecule is C=C1CCCOC(CCCCCC)C1=C. The van der Waals surface area contributed by atoms with Crippen molar-refractivity contribution in [1.82, 2.24) is 0 Å². The Bertz CT molecular complexity index is 217. The second-order valence-corrected chi connectivity index (χ2v) is 4.44. The summed E-state index contributed by atoms with van der Waals surface area (Å²) in [5.74, 6) is 0. The van der Waals surface area contributed by atoms with Crippen LogP contribution in [-0.2, 0) is 4.74 Å². The fourth-order valence-corrected chi connectivity index (χ4v) is 2.01. The summed E-state index contributed by atoms with van der Waals surface area (Å²) < 4.78 is 5.81. The lowest BCUT2D eigenvalue weighted by Gasteiger charge is -2.17. The van der Waals surface area contributed by atoms with Crippen LogP contribution in [0.2, 0.25) is 0 Å². The zero-order valence-corrected chi connectivity index (χ0v) is 10.1. The van der Waals surface area contributed by atoms with Crippen molar-refractivity contribution in [3.05, 3.63) is 24.3 Å². The van der Waals surface area contributed by atoms with Gasteiger partial charge in [0.05, 0.1) is 6.10 Å². The molecule has 1 fully saturated rings. The molecular weight excluding hydrogens is 184 g/mol. The van der Waals surface area contributed by atoms with Gasteiger partial charge in [0.1, 0.15) is 0 Å². The minimum absolute atomic E-state index is 0.247. The van der Waals surface area contributed by atoms with Gasteiger partial charge in [-0.3, -0.25) is 0 Å². The highest BCUT2D eigenvalue weighted by Crippen LogP contribution is 2.25. The van der Waals surface area contributed by atoms with Gasteiger partial charge in [-0.25, -0.2) is 0 Å². The molecule has 1 aliphatic heterocycles. The maximum atomic E-state index is 5.81. The lowest BCUT2D eigenvalue weighted by molar-refractivity contribution is 0.0770. The molecule has 86 valence electrons. The predicted molar refractivity (Wildman–Crippen MR) is 66.0 cm³/mol. The highest BCUT2D eigenvalue weighted by Gasteiger charge is 2.18. The van der Waals surface area contributed by atoms with Gasteiger partial charge in [-0.1, -0.05) is 45.8 Å². The van der Waals surface area contributed by atoms with E-state index in [0.717, 1.165) is 31.4 Å². The van der Waals surface area contributed by atoms with Gasteiger partial charge in [-0.05, 0) is 30.4 Å². The molecule has 0 aromatic carbocycles. The Morgan fingerprint density at radius 3 is 2.80 bits per heavy atom. The van der Waals surface area contributed by atoms with Crippen LogP contribution >= 0.6 is 0 Å². The first-order chi connectivity index (χ1) is 7.25. The molecule has 1 nitrogen and oxygen atoms in total. The molecular formula is C14H24O. The summed E-state index contributed by atoms with van der Waals surface area (Å²) in [6.07, 6.45) is 8.72. The summed E-state index contributed by atoms with van der Waals surface area (Å²) in [6, 6.07) is 0. The number of ether oxygens (including phenoxy) is 1. The van der Waals surface area contributed by atoms with Gasteiger partial charge >= 0.3 is 0 Å². The average Bonchev–Trinajstić information content (AvgIpc) is 2.39. The van der Waals surface area contributed by atoms with Crippen molar-refractivity contribution in [1.29, 1.82) is 0 Å². The second-order valence-electron chi connectivity index (χ2n) is 4.44. The summed E-state index contributed by atoms with van der Waals surface area (Å²) in [5, 5.41) is 0. The fourth-order valence-electron chi connectivity index (χ4n) is 2.01. The molecule has 0 aromatic heterocycles. The van der Waals surface area contributed by atoms with E-state index in [4.69, 9.17) is 4.74 Å². The average molecular weight is 208 g/mol. The molecule has 0 amide bonds. The fraction of sp³-hybridized carbons (Fsp3) is 0.714. The first-order valence-corrected chi connectivity index (χ1v) is 6.24. The normalized spacial score (nSPS) is 22.9. The van der Waals surface area contributed by atoms with Gasteiger partial charge in [0, 0.05) is 6.61 Å². The van der Waals surface area contributed by atoms with E-state index in [-0.39, 0.29) is 6.10 Å². The number of unbranched alkanes of at least 4 members (excludes halogenated alkanes) is 3. The van der Waals surface area contributed by atoms with Gasteiger partial charge in [0.25, 0.3) is 0 Å². The molecule has 0 saturated carbocycles. The van der Waals surface area contributed by atoms with Crippen molar-refractivity contribution in [2.45, 2.75) is 58.0 Å². The molecule has 0 N–H and O–H groups in total. The maximum Gasteiger partial charge on any atom is 0.0821 e. The summed E-state index contributed by atoms with van der Waals surface area (Å²) in [7, 11) is 0. The molecule has 15 heavy (non-hydrogen) atoms. The van der Waals surface area contributed by atoms with Crippen molar-refractivity contribution in [2.24, 2.45) is 0 Å². The molecule has 1 atom stereocenters. The van der Waals surface area contributed by atoms with E-state index in [1.54, 1.807) is 0 Å². The van der Waals surface area contributed by atoms with E-state index in [2.05, 4.69) is 20.1 Å². The summed E-state index contributed by atoms with van der Waals surface area (Å²) >= 11 is 0. The molecule has 1 heterocycles. The Kier molecular flexibility index (Phi) is 5.70. The smallest absolute Gasteiger partial charge is 0.0821 e. The molecule has 1 aliphatic rings.